The third kappa shape index (κ3) is 17.0. The van der Waals surface area contributed by atoms with Crippen molar-refractivity contribution in [2.24, 2.45) is 0 Å². The second kappa shape index (κ2) is 29.3. The molecule has 0 unspecified atom stereocenters. The van der Waals surface area contributed by atoms with Crippen molar-refractivity contribution in [2.45, 2.75) is 50.3 Å². The lowest BCUT2D eigenvalue weighted by atomic mass is 10.1. The van der Waals surface area contributed by atoms with Crippen LogP contribution in [0.15, 0.2) is 107 Å². The number of nitrogens with zero attached hydrogens (tertiary/aromatic N) is 10. The van der Waals surface area contributed by atoms with Crippen molar-refractivity contribution in [3.8, 4) is 0 Å². The Morgan fingerprint density at radius 1 is 0.581 bits per heavy atom. The lowest BCUT2D eigenvalue weighted by Gasteiger charge is -2.23. The fourth-order valence-corrected chi connectivity index (χ4v) is 8.94. The van der Waals surface area contributed by atoms with Gasteiger partial charge in [-0.1, -0.05) is 93.4 Å². The van der Waals surface area contributed by atoms with E-state index in [0.29, 0.717) is 53.2 Å². The second-order valence-electron chi connectivity index (χ2n) is 16.4. The van der Waals surface area contributed by atoms with Crippen molar-refractivity contribution in [1.29, 1.82) is 0 Å². The summed E-state index contributed by atoms with van der Waals surface area (Å²) >= 11 is 0.680. The molecule has 6 aromatic rings. The molecule has 4 aromatic carbocycles. The largest absolute Gasteiger partial charge is 0.395 e. The standard InChI is InChI=1S/C50H66N14O8S2/c1-5-61(6-2)29-15-27-51-45-55-47(59-49(57-45)63(31-33-65)41-17-11-9-12-18-41)53-39-25-23-37(43(35-39)73-72-71-67)21-22-38-24-26-40(36-44(38)74(68,69)70)54-48-56-46(52-28-16-30-62(7-3)8-4)58-50(60-48)64(32-34-66)42-19-13-10-14-20-42/h9-14,17-26,35-36,65-67H,5-8,15-16,27-34H2,1-4H3,(H,68,69,70)(H2,51,53,55,57,59)(H2,52,54,56,58,60). The van der Waals surface area contributed by atoms with E-state index >= 15 is 0 Å². The monoisotopic (exact) mass is 1050 g/mol. The fraction of sp³-hybridized carbons (Fsp3) is 0.360. The van der Waals surface area contributed by atoms with E-state index in [1.54, 1.807) is 40.1 Å². The summed E-state index contributed by atoms with van der Waals surface area (Å²) in [5, 5.41) is 46.1. The summed E-state index contributed by atoms with van der Waals surface area (Å²) in [4.78, 5) is 36.2. The first-order chi connectivity index (χ1) is 36.0. The Morgan fingerprint density at radius 3 is 1.47 bits per heavy atom. The SMILES string of the molecule is CCN(CC)CCCNc1nc(Nc2ccc(C=Cc3ccc(Nc4nc(NCCCN(CC)CC)nc(N(CCO)c5ccccc5)n4)cc3S(=O)(=O)O)c(SOOO)c2)nc(N(CCO)c2ccccc2)n1. The van der Waals surface area contributed by atoms with E-state index in [0.717, 1.165) is 63.5 Å². The topological polar surface area (TPSA) is 272 Å². The Kier molecular flexibility index (Phi) is 22.5. The van der Waals surface area contributed by atoms with Gasteiger partial charge in [0.15, 0.2) is 0 Å². The van der Waals surface area contributed by atoms with E-state index in [2.05, 4.69) is 83.7 Å². The Morgan fingerprint density at radius 2 is 1.03 bits per heavy atom. The van der Waals surface area contributed by atoms with Crippen LogP contribution >= 0.6 is 12.0 Å². The Hall–Kier alpha value is -6.58. The zero-order chi connectivity index (χ0) is 52.7. The number of aliphatic hydroxyl groups excluding tert-OH is 2. The van der Waals surface area contributed by atoms with Crippen molar-refractivity contribution in [1.82, 2.24) is 39.7 Å². The van der Waals surface area contributed by atoms with Gasteiger partial charge in [-0.15, -0.1) is 4.33 Å². The molecule has 22 nitrogen and oxygen atoms in total. The summed E-state index contributed by atoms with van der Waals surface area (Å²) < 4.78 is 41.4. The maximum atomic E-state index is 13.0. The number of aromatic nitrogens is 6. The van der Waals surface area contributed by atoms with Gasteiger partial charge in [-0.05, 0) is 112 Å². The normalized spacial score (nSPS) is 11.6. The number of hydrogen-bond acceptors (Lipinski definition) is 22. The van der Waals surface area contributed by atoms with Gasteiger partial charge in [0.05, 0.1) is 25.3 Å². The molecule has 6 rings (SSSR count). The van der Waals surface area contributed by atoms with Crippen LogP contribution in [0.3, 0.4) is 0 Å². The first-order valence-electron chi connectivity index (χ1n) is 24.4. The van der Waals surface area contributed by atoms with E-state index < -0.39 is 15.0 Å². The van der Waals surface area contributed by atoms with Crippen molar-refractivity contribution in [3.63, 3.8) is 0 Å². The van der Waals surface area contributed by atoms with Crippen LogP contribution in [0.25, 0.3) is 12.2 Å². The maximum absolute atomic E-state index is 13.0. The van der Waals surface area contributed by atoms with Gasteiger partial charge in [0, 0.05) is 53.8 Å². The van der Waals surface area contributed by atoms with Crippen LogP contribution in [0.4, 0.5) is 58.4 Å². The van der Waals surface area contributed by atoms with Gasteiger partial charge in [0.25, 0.3) is 10.1 Å². The molecule has 0 amide bonds. The molecule has 396 valence electrons. The summed E-state index contributed by atoms with van der Waals surface area (Å²) in [6.45, 7) is 15.2. The van der Waals surface area contributed by atoms with E-state index in [9.17, 15) is 23.2 Å². The van der Waals surface area contributed by atoms with Gasteiger partial charge in [-0.25, -0.2) is 5.26 Å². The Labute approximate surface area is 436 Å². The van der Waals surface area contributed by atoms with Gasteiger partial charge in [0.1, 0.15) is 4.90 Å². The number of para-hydroxylation sites is 2. The molecule has 0 saturated heterocycles. The van der Waals surface area contributed by atoms with Crippen molar-refractivity contribution < 1.29 is 37.8 Å². The number of nitrogens with one attached hydrogen (secondary N) is 4. The summed E-state index contributed by atoms with van der Waals surface area (Å²) in [5.41, 5.74) is 2.90. The maximum Gasteiger partial charge on any atom is 0.295 e. The van der Waals surface area contributed by atoms with E-state index in [-0.39, 0.29) is 61.3 Å². The highest BCUT2D eigenvalue weighted by Gasteiger charge is 2.20. The molecule has 2 aromatic heterocycles. The van der Waals surface area contributed by atoms with E-state index in [1.165, 1.54) is 18.2 Å². The zero-order valence-corrected chi connectivity index (χ0v) is 43.6. The molecule has 2 heterocycles. The molecule has 0 fully saturated rings. The van der Waals surface area contributed by atoms with Crippen molar-refractivity contribution >= 4 is 92.8 Å². The third-order valence-electron chi connectivity index (χ3n) is 11.6. The van der Waals surface area contributed by atoms with Crippen LogP contribution < -0.4 is 31.1 Å². The molecule has 0 bridgehead atoms. The highest BCUT2D eigenvalue weighted by molar-refractivity contribution is 7.94. The minimum atomic E-state index is -4.80. The molecule has 0 aliphatic heterocycles. The van der Waals surface area contributed by atoms with Gasteiger partial charge in [-0.3, -0.25) is 4.55 Å². The highest BCUT2D eigenvalue weighted by atomic mass is 32.2. The van der Waals surface area contributed by atoms with Gasteiger partial charge in [0.2, 0.25) is 35.7 Å². The zero-order valence-electron chi connectivity index (χ0n) is 42.0. The van der Waals surface area contributed by atoms with Gasteiger partial charge >= 0.3 is 0 Å². The summed E-state index contributed by atoms with van der Waals surface area (Å²) in [7, 11) is -4.80. The van der Waals surface area contributed by atoms with E-state index in [1.807, 2.05) is 60.7 Å². The van der Waals surface area contributed by atoms with Crippen LogP contribution in [0.5, 0.6) is 0 Å². The number of benzene rings is 4. The summed E-state index contributed by atoms with van der Waals surface area (Å²) in [6, 6.07) is 28.3. The molecule has 0 radical (unpaired) electrons. The average Bonchev–Trinajstić information content (AvgIpc) is 3.41. The summed E-state index contributed by atoms with van der Waals surface area (Å²) in [5.74, 6) is 1.38. The predicted octanol–water partition coefficient (Wildman–Crippen LogP) is 7.94. The van der Waals surface area contributed by atoms with Gasteiger partial charge in [-0.2, -0.15) is 38.3 Å². The smallest absolute Gasteiger partial charge is 0.295 e. The fourth-order valence-electron chi connectivity index (χ4n) is 7.72. The lowest BCUT2D eigenvalue weighted by molar-refractivity contribution is -0.432. The van der Waals surface area contributed by atoms with Crippen LogP contribution in [0.1, 0.15) is 51.7 Å². The highest BCUT2D eigenvalue weighted by Crippen LogP contribution is 2.33. The lowest BCUT2D eigenvalue weighted by Crippen LogP contribution is -2.26. The number of rotatable bonds is 32. The number of aliphatic hydroxyl groups is 2. The molecule has 24 heteroatoms. The van der Waals surface area contributed by atoms with Crippen LogP contribution in [0, 0.1) is 0 Å². The molecule has 0 atom stereocenters. The molecule has 0 aliphatic carbocycles. The minimum Gasteiger partial charge on any atom is -0.395 e. The average molecular weight is 1060 g/mol. The number of anilines is 10. The molecule has 74 heavy (non-hydrogen) atoms. The molecule has 0 saturated carbocycles. The second-order valence-corrected chi connectivity index (χ2v) is 18.5. The van der Waals surface area contributed by atoms with Crippen molar-refractivity contribution in [2.75, 3.05) is 110 Å². The predicted molar refractivity (Wildman–Crippen MR) is 291 cm³/mol. The third-order valence-corrected chi connectivity index (χ3v) is 13.2. The first kappa shape index (κ1) is 56.7. The van der Waals surface area contributed by atoms with Crippen LogP contribution in [-0.2, 0) is 19.5 Å². The first-order valence-corrected chi connectivity index (χ1v) is 26.6. The van der Waals surface area contributed by atoms with Crippen LogP contribution in [0.2, 0.25) is 0 Å². The molecule has 0 aliphatic rings. The Bertz CT molecular complexity index is 2800. The van der Waals surface area contributed by atoms with Gasteiger partial charge < -0.3 is 51.1 Å². The van der Waals surface area contributed by atoms with Crippen LogP contribution in [-0.4, -0.2) is 147 Å². The summed E-state index contributed by atoms with van der Waals surface area (Å²) in [6.07, 6.45) is 4.77. The Balaban J connectivity index is 1.28. The molecular weight excluding hydrogens is 989 g/mol. The molecule has 8 N–H and O–H groups in total. The van der Waals surface area contributed by atoms with E-state index in [4.69, 9.17) is 19.6 Å². The number of hydrogen-bond donors (Lipinski definition) is 8. The van der Waals surface area contributed by atoms with Crippen molar-refractivity contribution in [3.05, 3.63) is 108 Å². The molecule has 0 spiro atoms. The molecular formula is C50H66N14O8S2. The quantitative estimate of drug-likeness (QED) is 0.00497. The minimum absolute atomic E-state index is 0.0802.